The van der Waals surface area contributed by atoms with Crippen LogP contribution >= 0.6 is 0 Å². The van der Waals surface area contributed by atoms with Crippen LogP contribution in [0.1, 0.15) is 0 Å². The summed E-state index contributed by atoms with van der Waals surface area (Å²) in [6.45, 7) is 3.84. The number of hydrogen-bond acceptors (Lipinski definition) is 4. The fourth-order valence-corrected chi connectivity index (χ4v) is 1.25. The topological polar surface area (TPSA) is 84.3 Å². The quantitative estimate of drug-likeness (QED) is 0.348. The SMILES string of the molecule is C=CCNCC(=O)Nc1cc(F)ccc1[N+](=O)[O-]. The van der Waals surface area contributed by atoms with E-state index in [2.05, 4.69) is 17.2 Å². The van der Waals surface area contributed by atoms with Crippen LogP contribution in [0.3, 0.4) is 0 Å². The van der Waals surface area contributed by atoms with Crippen LogP contribution in [0.4, 0.5) is 15.8 Å². The molecule has 0 radical (unpaired) electrons. The van der Waals surface area contributed by atoms with Crippen LogP contribution < -0.4 is 10.6 Å². The van der Waals surface area contributed by atoms with E-state index in [1.54, 1.807) is 6.08 Å². The average Bonchev–Trinajstić information content (AvgIpc) is 2.29. The number of halogens is 1. The maximum Gasteiger partial charge on any atom is 0.292 e. The van der Waals surface area contributed by atoms with Crippen molar-refractivity contribution in [2.45, 2.75) is 0 Å². The number of nitrogens with zero attached hydrogens (tertiary/aromatic N) is 1. The Balaban J connectivity index is 2.76. The molecule has 0 saturated heterocycles. The highest BCUT2D eigenvalue weighted by molar-refractivity contribution is 5.94. The molecule has 96 valence electrons. The summed E-state index contributed by atoms with van der Waals surface area (Å²) in [6.07, 6.45) is 1.57. The van der Waals surface area contributed by atoms with E-state index in [-0.39, 0.29) is 17.9 Å². The molecule has 6 nitrogen and oxygen atoms in total. The molecule has 7 heteroatoms. The van der Waals surface area contributed by atoms with Crippen molar-refractivity contribution in [3.8, 4) is 0 Å². The number of anilines is 1. The van der Waals surface area contributed by atoms with E-state index in [4.69, 9.17) is 0 Å². The van der Waals surface area contributed by atoms with Crippen LogP contribution in [0.5, 0.6) is 0 Å². The molecule has 0 fully saturated rings. The van der Waals surface area contributed by atoms with Crippen LogP contribution in [-0.2, 0) is 4.79 Å². The van der Waals surface area contributed by atoms with Gasteiger partial charge in [-0.05, 0) is 6.07 Å². The van der Waals surface area contributed by atoms with Gasteiger partial charge >= 0.3 is 0 Å². The van der Waals surface area contributed by atoms with Gasteiger partial charge in [0, 0.05) is 18.7 Å². The van der Waals surface area contributed by atoms with Crippen molar-refractivity contribution in [1.82, 2.24) is 5.32 Å². The zero-order chi connectivity index (χ0) is 13.5. The molecule has 0 aliphatic heterocycles. The highest BCUT2D eigenvalue weighted by atomic mass is 19.1. The first-order valence-electron chi connectivity index (χ1n) is 5.10. The number of nitro groups is 1. The monoisotopic (exact) mass is 253 g/mol. The largest absolute Gasteiger partial charge is 0.319 e. The predicted octanol–water partition coefficient (Wildman–Crippen LogP) is 1.45. The number of carbonyl (C=O) groups excluding carboxylic acids is 1. The summed E-state index contributed by atoms with van der Waals surface area (Å²) in [7, 11) is 0. The van der Waals surface area contributed by atoms with Gasteiger partial charge in [0.05, 0.1) is 11.5 Å². The smallest absolute Gasteiger partial charge is 0.292 e. The molecule has 1 rings (SSSR count). The van der Waals surface area contributed by atoms with Gasteiger partial charge in [-0.15, -0.1) is 6.58 Å². The van der Waals surface area contributed by atoms with Crippen LogP contribution in [-0.4, -0.2) is 23.9 Å². The minimum absolute atomic E-state index is 0.0420. The normalized spacial score (nSPS) is 9.83. The van der Waals surface area contributed by atoms with Gasteiger partial charge in [0.2, 0.25) is 5.91 Å². The summed E-state index contributed by atoms with van der Waals surface area (Å²) in [5.41, 5.74) is -0.515. The number of amides is 1. The Morgan fingerprint density at radius 3 is 2.89 bits per heavy atom. The Bertz CT molecular complexity index is 477. The van der Waals surface area contributed by atoms with Gasteiger partial charge < -0.3 is 10.6 Å². The molecule has 2 N–H and O–H groups in total. The minimum atomic E-state index is -0.688. The van der Waals surface area contributed by atoms with Gasteiger partial charge in [-0.2, -0.15) is 0 Å². The van der Waals surface area contributed by atoms with Crippen molar-refractivity contribution >= 4 is 17.3 Å². The average molecular weight is 253 g/mol. The minimum Gasteiger partial charge on any atom is -0.319 e. The van der Waals surface area contributed by atoms with E-state index in [0.717, 1.165) is 18.2 Å². The molecule has 0 aliphatic carbocycles. The summed E-state index contributed by atoms with van der Waals surface area (Å²) >= 11 is 0. The maximum atomic E-state index is 13.0. The molecule has 18 heavy (non-hydrogen) atoms. The van der Waals surface area contributed by atoms with Crippen molar-refractivity contribution in [3.05, 3.63) is 46.8 Å². The molecule has 0 aliphatic rings. The molecular weight excluding hydrogens is 241 g/mol. The Morgan fingerprint density at radius 1 is 1.56 bits per heavy atom. The zero-order valence-corrected chi connectivity index (χ0v) is 9.48. The van der Waals surface area contributed by atoms with E-state index in [0.29, 0.717) is 6.54 Å². The highest BCUT2D eigenvalue weighted by Crippen LogP contribution is 2.24. The summed E-state index contributed by atoms with van der Waals surface area (Å²) in [5.74, 6) is -1.15. The lowest BCUT2D eigenvalue weighted by Crippen LogP contribution is -2.28. The van der Waals surface area contributed by atoms with Gasteiger partial charge in [0.1, 0.15) is 11.5 Å². The summed E-state index contributed by atoms with van der Waals surface area (Å²) in [4.78, 5) is 21.4. The third-order valence-corrected chi connectivity index (χ3v) is 2.00. The Morgan fingerprint density at radius 2 is 2.28 bits per heavy atom. The fraction of sp³-hybridized carbons (Fsp3) is 0.182. The van der Waals surface area contributed by atoms with Crippen molar-refractivity contribution in [3.63, 3.8) is 0 Å². The van der Waals surface area contributed by atoms with Gasteiger partial charge in [0.15, 0.2) is 0 Å². The highest BCUT2D eigenvalue weighted by Gasteiger charge is 2.16. The Labute approximate surface area is 103 Å². The molecule has 0 atom stereocenters. The van der Waals surface area contributed by atoms with Crippen LogP contribution in [0.2, 0.25) is 0 Å². The summed E-state index contributed by atoms with van der Waals surface area (Å²) in [5, 5.41) is 15.7. The van der Waals surface area contributed by atoms with Crippen molar-refractivity contribution < 1.29 is 14.1 Å². The second kappa shape index (κ2) is 6.45. The van der Waals surface area contributed by atoms with Crippen molar-refractivity contribution in [2.75, 3.05) is 18.4 Å². The van der Waals surface area contributed by atoms with Crippen LogP contribution in [0.25, 0.3) is 0 Å². The molecule has 0 spiro atoms. The standard InChI is InChI=1S/C11H12FN3O3/c1-2-5-13-7-11(16)14-9-6-8(12)3-4-10(9)15(17)18/h2-4,6,13H,1,5,7H2,(H,14,16). The fourth-order valence-electron chi connectivity index (χ4n) is 1.25. The number of benzene rings is 1. The van der Waals surface area contributed by atoms with Crippen LogP contribution in [0, 0.1) is 15.9 Å². The first-order valence-corrected chi connectivity index (χ1v) is 5.10. The van der Waals surface area contributed by atoms with E-state index >= 15 is 0 Å². The lowest BCUT2D eigenvalue weighted by Gasteiger charge is -2.06. The van der Waals surface area contributed by atoms with E-state index in [1.807, 2.05) is 0 Å². The molecule has 1 amide bonds. The van der Waals surface area contributed by atoms with Crippen molar-refractivity contribution in [2.24, 2.45) is 0 Å². The number of nitro benzene ring substituents is 1. The Hall–Kier alpha value is -2.28. The van der Waals surface area contributed by atoms with E-state index in [1.165, 1.54) is 0 Å². The molecule has 1 aromatic carbocycles. The van der Waals surface area contributed by atoms with Crippen LogP contribution in [0.15, 0.2) is 30.9 Å². The van der Waals surface area contributed by atoms with Gasteiger partial charge in [-0.1, -0.05) is 6.08 Å². The Kier molecular flexibility index (Phi) is 4.94. The second-order valence-electron chi connectivity index (χ2n) is 3.39. The molecule has 0 bridgehead atoms. The summed E-state index contributed by atoms with van der Waals surface area (Å²) < 4.78 is 13.0. The van der Waals surface area contributed by atoms with Crippen molar-refractivity contribution in [1.29, 1.82) is 0 Å². The maximum absolute atomic E-state index is 13.0. The zero-order valence-electron chi connectivity index (χ0n) is 9.48. The summed E-state index contributed by atoms with van der Waals surface area (Å²) in [6, 6.07) is 2.87. The molecule has 0 aromatic heterocycles. The van der Waals surface area contributed by atoms with Gasteiger partial charge in [-0.3, -0.25) is 14.9 Å². The van der Waals surface area contributed by atoms with E-state index in [9.17, 15) is 19.3 Å². The number of carbonyl (C=O) groups is 1. The first-order chi connectivity index (χ1) is 8.54. The van der Waals surface area contributed by atoms with E-state index < -0.39 is 16.6 Å². The van der Waals surface area contributed by atoms with Gasteiger partial charge in [0.25, 0.3) is 5.69 Å². The predicted molar refractivity (Wildman–Crippen MR) is 64.8 cm³/mol. The number of rotatable bonds is 6. The number of nitrogens with one attached hydrogen (secondary N) is 2. The lowest BCUT2D eigenvalue weighted by molar-refractivity contribution is -0.384. The van der Waals surface area contributed by atoms with Gasteiger partial charge in [-0.25, -0.2) is 4.39 Å². The number of hydrogen-bond donors (Lipinski definition) is 2. The second-order valence-corrected chi connectivity index (χ2v) is 3.39. The third kappa shape index (κ3) is 3.95. The lowest BCUT2D eigenvalue weighted by atomic mass is 10.2. The molecular formula is C11H12FN3O3. The first kappa shape index (κ1) is 13.8. The third-order valence-electron chi connectivity index (χ3n) is 2.00. The molecule has 1 aromatic rings. The molecule has 0 saturated carbocycles. The molecule has 0 unspecified atom stereocenters. The molecule has 0 heterocycles.